The van der Waals surface area contributed by atoms with Gasteiger partial charge in [-0.2, -0.15) is 0 Å². The first-order valence-corrected chi connectivity index (χ1v) is 9.11. The standard InChI is InChI=1S/C16H16ClN3S2/c1-20(2)8-9-21-16-18-14(17)12-10-13(22-15(12)19-16)11-6-4-3-5-7-11/h3-7,10H,8-9H2,1-2H3. The molecule has 0 N–H and O–H groups in total. The Hall–Kier alpha value is -1.14. The number of nitrogens with zero attached hydrogens (tertiary/aromatic N) is 3. The van der Waals surface area contributed by atoms with Gasteiger partial charge < -0.3 is 4.90 Å². The summed E-state index contributed by atoms with van der Waals surface area (Å²) >= 11 is 9.64. The molecular formula is C16H16ClN3S2. The summed E-state index contributed by atoms with van der Waals surface area (Å²) in [6, 6.07) is 12.4. The van der Waals surface area contributed by atoms with Crippen LogP contribution >= 0.6 is 34.7 Å². The molecule has 0 saturated heterocycles. The fourth-order valence-corrected chi connectivity index (χ4v) is 4.37. The van der Waals surface area contributed by atoms with E-state index in [-0.39, 0.29) is 0 Å². The number of thioether (sulfide) groups is 1. The van der Waals surface area contributed by atoms with Crippen LogP contribution in [0.15, 0.2) is 41.6 Å². The number of halogens is 1. The normalized spacial score (nSPS) is 11.5. The fraction of sp³-hybridized carbons (Fsp3) is 0.250. The van der Waals surface area contributed by atoms with Crippen LogP contribution in [-0.2, 0) is 0 Å². The molecule has 0 spiro atoms. The molecule has 0 bridgehead atoms. The molecule has 0 aliphatic heterocycles. The van der Waals surface area contributed by atoms with E-state index in [1.165, 1.54) is 10.4 Å². The van der Waals surface area contributed by atoms with E-state index < -0.39 is 0 Å². The van der Waals surface area contributed by atoms with Crippen molar-refractivity contribution in [3.05, 3.63) is 41.6 Å². The molecule has 1 aromatic carbocycles. The van der Waals surface area contributed by atoms with Crippen LogP contribution in [0.3, 0.4) is 0 Å². The van der Waals surface area contributed by atoms with Crippen molar-refractivity contribution in [1.82, 2.24) is 14.9 Å². The number of hydrogen-bond acceptors (Lipinski definition) is 5. The molecule has 6 heteroatoms. The van der Waals surface area contributed by atoms with Crippen LogP contribution in [-0.4, -0.2) is 41.3 Å². The Morgan fingerprint density at radius 1 is 1.18 bits per heavy atom. The molecular weight excluding hydrogens is 334 g/mol. The third kappa shape index (κ3) is 3.60. The molecule has 3 nitrogen and oxygen atoms in total. The van der Waals surface area contributed by atoms with Gasteiger partial charge in [-0.1, -0.05) is 53.7 Å². The van der Waals surface area contributed by atoms with Crippen LogP contribution in [0, 0.1) is 0 Å². The maximum absolute atomic E-state index is 6.34. The zero-order valence-electron chi connectivity index (χ0n) is 12.4. The van der Waals surface area contributed by atoms with Crippen LogP contribution in [0.5, 0.6) is 0 Å². The molecule has 0 aliphatic rings. The Bertz CT molecular complexity index is 772. The maximum atomic E-state index is 6.34. The van der Waals surface area contributed by atoms with Crippen molar-refractivity contribution in [2.75, 3.05) is 26.4 Å². The van der Waals surface area contributed by atoms with Crippen molar-refractivity contribution in [3.8, 4) is 10.4 Å². The first-order valence-electron chi connectivity index (χ1n) is 6.93. The van der Waals surface area contributed by atoms with Gasteiger partial charge in [0.15, 0.2) is 5.16 Å². The van der Waals surface area contributed by atoms with Crippen molar-refractivity contribution in [3.63, 3.8) is 0 Å². The minimum atomic E-state index is 0.538. The predicted octanol–water partition coefficient (Wildman–Crippen LogP) is 4.67. The minimum absolute atomic E-state index is 0.538. The largest absolute Gasteiger partial charge is 0.309 e. The van der Waals surface area contributed by atoms with E-state index >= 15 is 0 Å². The smallest absolute Gasteiger partial charge is 0.190 e. The third-order valence-electron chi connectivity index (χ3n) is 3.15. The van der Waals surface area contributed by atoms with Crippen molar-refractivity contribution in [1.29, 1.82) is 0 Å². The van der Waals surface area contributed by atoms with Gasteiger partial charge in [0.05, 0.1) is 0 Å². The van der Waals surface area contributed by atoms with E-state index in [0.29, 0.717) is 5.15 Å². The molecule has 0 aliphatic carbocycles. The Morgan fingerprint density at radius 3 is 2.68 bits per heavy atom. The Kier molecular flexibility index (Phi) is 4.98. The number of thiophene rings is 1. The van der Waals surface area contributed by atoms with Gasteiger partial charge in [0.1, 0.15) is 9.98 Å². The number of benzene rings is 1. The van der Waals surface area contributed by atoms with E-state index in [9.17, 15) is 0 Å². The van der Waals surface area contributed by atoms with E-state index in [1.807, 2.05) is 18.2 Å². The van der Waals surface area contributed by atoms with Gasteiger partial charge in [-0.3, -0.25) is 0 Å². The average Bonchev–Trinajstić information content (AvgIpc) is 2.92. The van der Waals surface area contributed by atoms with Gasteiger partial charge in [0.2, 0.25) is 0 Å². The summed E-state index contributed by atoms with van der Waals surface area (Å²) in [4.78, 5) is 13.3. The number of fused-ring (bicyclic) bond motifs is 1. The van der Waals surface area contributed by atoms with Crippen molar-refractivity contribution >= 4 is 44.9 Å². The molecule has 0 saturated carbocycles. The highest BCUT2D eigenvalue weighted by Gasteiger charge is 2.11. The lowest BCUT2D eigenvalue weighted by Gasteiger charge is -2.07. The van der Waals surface area contributed by atoms with E-state index in [2.05, 4.69) is 47.2 Å². The first-order chi connectivity index (χ1) is 10.6. The Morgan fingerprint density at radius 2 is 1.95 bits per heavy atom. The molecule has 0 amide bonds. The molecule has 2 aromatic heterocycles. The zero-order chi connectivity index (χ0) is 15.5. The van der Waals surface area contributed by atoms with Gasteiger partial charge in [-0.25, -0.2) is 9.97 Å². The van der Waals surface area contributed by atoms with Crippen molar-refractivity contribution < 1.29 is 0 Å². The topological polar surface area (TPSA) is 29.0 Å². The van der Waals surface area contributed by atoms with E-state index in [1.54, 1.807) is 23.1 Å². The van der Waals surface area contributed by atoms with Crippen molar-refractivity contribution in [2.45, 2.75) is 5.16 Å². The van der Waals surface area contributed by atoms with Crippen LogP contribution in [0.2, 0.25) is 5.15 Å². The second-order valence-electron chi connectivity index (χ2n) is 5.14. The quantitative estimate of drug-likeness (QED) is 0.380. The molecule has 3 aromatic rings. The Balaban J connectivity index is 1.90. The van der Waals surface area contributed by atoms with Crippen LogP contribution in [0.1, 0.15) is 0 Å². The number of aromatic nitrogens is 2. The lowest BCUT2D eigenvalue weighted by Crippen LogP contribution is -2.14. The Labute approximate surface area is 143 Å². The van der Waals surface area contributed by atoms with Crippen LogP contribution in [0.4, 0.5) is 0 Å². The van der Waals surface area contributed by atoms with Gasteiger partial charge >= 0.3 is 0 Å². The molecule has 0 fully saturated rings. The second kappa shape index (κ2) is 6.96. The van der Waals surface area contributed by atoms with Crippen LogP contribution < -0.4 is 0 Å². The summed E-state index contributed by atoms with van der Waals surface area (Å²) in [5, 5.41) is 2.22. The van der Waals surface area contributed by atoms with Gasteiger partial charge in [0, 0.05) is 22.6 Å². The highest BCUT2D eigenvalue weighted by atomic mass is 35.5. The molecule has 2 heterocycles. The SMILES string of the molecule is CN(C)CCSc1nc(Cl)c2cc(-c3ccccc3)sc2n1. The first kappa shape index (κ1) is 15.7. The summed E-state index contributed by atoms with van der Waals surface area (Å²) in [6.07, 6.45) is 0. The number of rotatable bonds is 5. The average molecular weight is 350 g/mol. The lowest BCUT2D eigenvalue weighted by atomic mass is 10.2. The monoisotopic (exact) mass is 349 g/mol. The summed E-state index contributed by atoms with van der Waals surface area (Å²) in [7, 11) is 4.12. The van der Waals surface area contributed by atoms with Gasteiger partial charge in [-0.05, 0) is 25.7 Å². The van der Waals surface area contributed by atoms with Gasteiger partial charge in [-0.15, -0.1) is 11.3 Å². The highest BCUT2D eigenvalue weighted by molar-refractivity contribution is 7.99. The summed E-state index contributed by atoms with van der Waals surface area (Å²) < 4.78 is 0. The van der Waals surface area contributed by atoms with Gasteiger partial charge in [0.25, 0.3) is 0 Å². The lowest BCUT2D eigenvalue weighted by molar-refractivity contribution is 0.437. The summed E-state index contributed by atoms with van der Waals surface area (Å²) in [5.74, 6) is 0.950. The fourth-order valence-electron chi connectivity index (χ4n) is 2.00. The van der Waals surface area contributed by atoms with Crippen molar-refractivity contribution in [2.24, 2.45) is 0 Å². The number of hydrogen-bond donors (Lipinski definition) is 0. The predicted molar refractivity (Wildman–Crippen MR) is 97.1 cm³/mol. The molecule has 114 valence electrons. The molecule has 3 rings (SSSR count). The molecule has 22 heavy (non-hydrogen) atoms. The third-order valence-corrected chi connectivity index (χ3v) is 5.35. The zero-order valence-corrected chi connectivity index (χ0v) is 14.8. The van der Waals surface area contributed by atoms with E-state index in [4.69, 9.17) is 11.6 Å². The highest BCUT2D eigenvalue weighted by Crippen LogP contribution is 2.36. The van der Waals surface area contributed by atoms with Crippen LogP contribution in [0.25, 0.3) is 20.7 Å². The van der Waals surface area contributed by atoms with E-state index in [0.717, 1.165) is 27.7 Å². The maximum Gasteiger partial charge on any atom is 0.190 e. The summed E-state index contributed by atoms with van der Waals surface area (Å²) in [5.41, 5.74) is 1.18. The molecule has 0 radical (unpaired) electrons. The summed E-state index contributed by atoms with van der Waals surface area (Å²) in [6.45, 7) is 0.989. The minimum Gasteiger partial charge on any atom is -0.309 e. The molecule has 0 unspecified atom stereocenters. The molecule has 0 atom stereocenters. The second-order valence-corrected chi connectivity index (χ2v) is 7.59.